The third-order valence-electron chi connectivity index (χ3n) is 3.45. The van der Waals surface area contributed by atoms with Crippen molar-refractivity contribution in [2.45, 2.75) is 26.8 Å². The maximum absolute atomic E-state index is 11.8. The molecule has 0 aliphatic rings. The molecule has 0 bridgehead atoms. The lowest BCUT2D eigenvalue weighted by molar-refractivity contribution is -0.123. The maximum atomic E-state index is 11.8. The summed E-state index contributed by atoms with van der Waals surface area (Å²) in [6, 6.07) is 9.09. The topological polar surface area (TPSA) is 83.4 Å². The number of hydrogen-bond donors (Lipinski definition) is 3. The Hall–Kier alpha value is -2.50. The Labute approximate surface area is 135 Å². The van der Waals surface area contributed by atoms with Crippen LogP contribution in [0.25, 0.3) is 11.0 Å². The normalized spacial score (nSPS) is 12.2. The van der Waals surface area contributed by atoms with Crippen molar-refractivity contribution in [2.24, 2.45) is 5.92 Å². The zero-order valence-corrected chi connectivity index (χ0v) is 13.7. The van der Waals surface area contributed by atoms with Crippen LogP contribution < -0.4 is 16.0 Å². The second kappa shape index (κ2) is 7.67. The van der Waals surface area contributed by atoms with Crippen LogP contribution in [0.3, 0.4) is 0 Å². The SMILES string of the molecule is CC(C)C(=O)NCCNC(=O)N[C@@H](C)c1cc2ccccc2o1. The highest BCUT2D eigenvalue weighted by Gasteiger charge is 2.14. The highest BCUT2D eigenvalue weighted by atomic mass is 16.3. The van der Waals surface area contributed by atoms with Crippen LogP contribution in [0.1, 0.15) is 32.6 Å². The molecule has 1 heterocycles. The van der Waals surface area contributed by atoms with Crippen molar-refractivity contribution in [1.82, 2.24) is 16.0 Å². The zero-order chi connectivity index (χ0) is 16.8. The van der Waals surface area contributed by atoms with Gasteiger partial charge in [-0.3, -0.25) is 4.79 Å². The Morgan fingerprint density at radius 1 is 1.09 bits per heavy atom. The van der Waals surface area contributed by atoms with E-state index in [-0.39, 0.29) is 23.9 Å². The van der Waals surface area contributed by atoms with Crippen LogP contribution in [0.15, 0.2) is 34.7 Å². The Bertz CT molecular complexity index is 646. The summed E-state index contributed by atoms with van der Waals surface area (Å²) in [6.45, 7) is 6.29. The molecule has 2 aromatic rings. The van der Waals surface area contributed by atoms with E-state index in [9.17, 15) is 9.59 Å². The van der Waals surface area contributed by atoms with Crippen LogP contribution in [0.2, 0.25) is 0 Å². The molecule has 0 spiro atoms. The number of rotatable bonds is 6. The van der Waals surface area contributed by atoms with Gasteiger partial charge in [-0.1, -0.05) is 32.0 Å². The molecule has 0 aliphatic heterocycles. The van der Waals surface area contributed by atoms with E-state index in [1.807, 2.05) is 51.1 Å². The van der Waals surface area contributed by atoms with E-state index in [4.69, 9.17) is 4.42 Å². The van der Waals surface area contributed by atoms with Gasteiger partial charge in [-0.2, -0.15) is 0 Å². The molecule has 3 amide bonds. The van der Waals surface area contributed by atoms with Crippen LogP contribution in [-0.2, 0) is 4.79 Å². The number of urea groups is 1. The summed E-state index contributed by atoms with van der Waals surface area (Å²) in [5.74, 6) is 0.620. The monoisotopic (exact) mass is 317 g/mol. The van der Waals surface area contributed by atoms with Gasteiger partial charge in [-0.25, -0.2) is 4.79 Å². The molecule has 0 unspecified atom stereocenters. The minimum atomic E-state index is -0.295. The van der Waals surface area contributed by atoms with Gasteiger partial charge < -0.3 is 20.4 Å². The van der Waals surface area contributed by atoms with Crippen LogP contribution in [0.5, 0.6) is 0 Å². The van der Waals surface area contributed by atoms with E-state index in [2.05, 4.69) is 16.0 Å². The number of carbonyl (C=O) groups excluding carboxylic acids is 2. The van der Waals surface area contributed by atoms with Crippen LogP contribution in [-0.4, -0.2) is 25.0 Å². The number of furan rings is 1. The molecular weight excluding hydrogens is 294 g/mol. The summed E-state index contributed by atoms with van der Waals surface area (Å²) in [5.41, 5.74) is 0.799. The highest BCUT2D eigenvalue weighted by molar-refractivity contribution is 5.79. The largest absolute Gasteiger partial charge is 0.459 e. The van der Waals surface area contributed by atoms with Crippen molar-refractivity contribution < 1.29 is 14.0 Å². The second-order valence-electron chi connectivity index (χ2n) is 5.75. The molecule has 124 valence electrons. The van der Waals surface area contributed by atoms with Gasteiger partial charge in [-0.05, 0) is 19.1 Å². The van der Waals surface area contributed by atoms with Crippen molar-refractivity contribution >= 4 is 22.9 Å². The van der Waals surface area contributed by atoms with Gasteiger partial charge in [-0.15, -0.1) is 0 Å². The van der Waals surface area contributed by atoms with Crippen LogP contribution in [0.4, 0.5) is 4.79 Å². The summed E-state index contributed by atoms with van der Waals surface area (Å²) >= 11 is 0. The van der Waals surface area contributed by atoms with E-state index < -0.39 is 0 Å². The average molecular weight is 317 g/mol. The fourth-order valence-electron chi connectivity index (χ4n) is 2.10. The van der Waals surface area contributed by atoms with Gasteiger partial charge in [0.25, 0.3) is 0 Å². The van der Waals surface area contributed by atoms with Gasteiger partial charge in [0.15, 0.2) is 0 Å². The molecule has 0 saturated heterocycles. The Morgan fingerprint density at radius 3 is 2.48 bits per heavy atom. The lowest BCUT2D eigenvalue weighted by atomic mass is 10.2. The molecular formula is C17H23N3O3. The molecule has 1 aromatic heterocycles. The molecule has 3 N–H and O–H groups in total. The summed E-state index contributed by atoms with van der Waals surface area (Å²) in [5, 5.41) is 9.26. The van der Waals surface area contributed by atoms with E-state index in [0.717, 1.165) is 11.0 Å². The first-order valence-electron chi connectivity index (χ1n) is 7.78. The minimum Gasteiger partial charge on any atom is -0.459 e. The van der Waals surface area contributed by atoms with Gasteiger partial charge in [0.1, 0.15) is 11.3 Å². The van der Waals surface area contributed by atoms with E-state index in [1.165, 1.54) is 0 Å². The first kappa shape index (κ1) is 16.9. The number of hydrogen-bond acceptors (Lipinski definition) is 3. The quantitative estimate of drug-likeness (QED) is 0.716. The van der Waals surface area contributed by atoms with Gasteiger partial charge in [0, 0.05) is 24.4 Å². The van der Waals surface area contributed by atoms with E-state index >= 15 is 0 Å². The number of benzene rings is 1. The van der Waals surface area contributed by atoms with Gasteiger partial charge in [0.05, 0.1) is 6.04 Å². The van der Waals surface area contributed by atoms with Gasteiger partial charge in [0.2, 0.25) is 5.91 Å². The lowest BCUT2D eigenvalue weighted by Crippen LogP contribution is -2.41. The molecule has 6 heteroatoms. The van der Waals surface area contributed by atoms with Crippen LogP contribution in [0, 0.1) is 5.92 Å². The van der Waals surface area contributed by atoms with Crippen molar-refractivity contribution in [3.05, 3.63) is 36.1 Å². The molecule has 6 nitrogen and oxygen atoms in total. The number of fused-ring (bicyclic) bond motifs is 1. The fraction of sp³-hybridized carbons (Fsp3) is 0.412. The summed E-state index contributed by atoms with van der Waals surface area (Å²) in [4.78, 5) is 23.2. The van der Waals surface area contributed by atoms with Gasteiger partial charge >= 0.3 is 6.03 Å². The Kier molecular flexibility index (Phi) is 5.62. The third kappa shape index (κ3) is 4.74. The first-order valence-corrected chi connectivity index (χ1v) is 7.78. The number of para-hydroxylation sites is 1. The number of nitrogens with one attached hydrogen (secondary N) is 3. The summed E-state index contributed by atoms with van der Waals surface area (Å²) in [7, 11) is 0. The van der Waals surface area contributed by atoms with Crippen molar-refractivity contribution in [1.29, 1.82) is 0 Å². The van der Waals surface area contributed by atoms with E-state index in [0.29, 0.717) is 18.8 Å². The predicted molar refractivity (Wildman–Crippen MR) is 89.0 cm³/mol. The zero-order valence-electron chi connectivity index (χ0n) is 13.7. The molecule has 23 heavy (non-hydrogen) atoms. The molecule has 1 atom stereocenters. The molecule has 0 aliphatic carbocycles. The Morgan fingerprint density at radius 2 is 1.78 bits per heavy atom. The fourth-order valence-corrected chi connectivity index (χ4v) is 2.10. The summed E-state index contributed by atoms with van der Waals surface area (Å²) < 4.78 is 5.71. The molecule has 1 aromatic carbocycles. The first-order chi connectivity index (χ1) is 11.0. The standard InChI is InChI=1S/C17H23N3O3/c1-11(2)16(21)18-8-9-19-17(22)20-12(3)15-10-13-6-4-5-7-14(13)23-15/h4-7,10-12H,8-9H2,1-3H3,(H,18,21)(H2,19,20,22)/t12-/m0/s1. The second-order valence-corrected chi connectivity index (χ2v) is 5.75. The average Bonchev–Trinajstić information content (AvgIpc) is 2.95. The minimum absolute atomic E-state index is 0.0251. The van der Waals surface area contributed by atoms with E-state index in [1.54, 1.807) is 0 Å². The van der Waals surface area contributed by atoms with Crippen LogP contribution >= 0.6 is 0 Å². The van der Waals surface area contributed by atoms with Crippen molar-refractivity contribution in [3.63, 3.8) is 0 Å². The predicted octanol–water partition coefficient (Wildman–Crippen LogP) is 2.57. The number of carbonyl (C=O) groups is 2. The molecule has 0 radical (unpaired) electrons. The van der Waals surface area contributed by atoms with Crippen molar-refractivity contribution in [2.75, 3.05) is 13.1 Å². The molecule has 0 fully saturated rings. The summed E-state index contributed by atoms with van der Waals surface area (Å²) in [6.07, 6.45) is 0. The smallest absolute Gasteiger partial charge is 0.315 e. The number of amides is 3. The third-order valence-corrected chi connectivity index (χ3v) is 3.45. The molecule has 2 rings (SSSR count). The lowest BCUT2D eigenvalue weighted by Gasteiger charge is -2.13. The Balaban J connectivity index is 1.77. The molecule has 0 saturated carbocycles. The van der Waals surface area contributed by atoms with Crippen molar-refractivity contribution in [3.8, 4) is 0 Å². The maximum Gasteiger partial charge on any atom is 0.315 e. The highest BCUT2D eigenvalue weighted by Crippen LogP contribution is 2.23.